The molecule has 112 valence electrons. The lowest BCUT2D eigenvalue weighted by Crippen LogP contribution is -2.58. The normalized spacial score (nSPS) is 17.5. The highest BCUT2D eigenvalue weighted by Crippen LogP contribution is 2.35. The van der Waals surface area contributed by atoms with Crippen LogP contribution < -0.4 is 5.32 Å². The van der Waals surface area contributed by atoms with Crippen LogP contribution in [0.25, 0.3) is 0 Å². The van der Waals surface area contributed by atoms with Crippen LogP contribution in [0.4, 0.5) is 0 Å². The molecule has 1 fully saturated rings. The second-order valence-electron chi connectivity index (χ2n) is 6.94. The number of hydrogen-bond donors (Lipinski definition) is 1. The Morgan fingerprint density at radius 2 is 1.90 bits per heavy atom. The van der Waals surface area contributed by atoms with E-state index in [0.29, 0.717) is 0 Å². The van der Waals surface area contributed by atoms with Crippen molar-refractivity contribution in [2.45, 2.75) is 38.0 Å². The molecule has 0 spiro atoms. The van der Waals surface area contributed by atoms with E-state index < -0.39 is 0 Å². The Morgan fingerprint density at radius 3 is 2.38 bits per heavy atom. The summed E-state index contributed by atoms with van der Waals surface area (Å²) < 4.78 is 0. The number of hydrogen-bond acceptors (Lipinski definition) is 3. The molecule has 0 bridgehead atoms. The molecule has 2 nitrogen and oxygen atoms in total. The highest BCUT2D eigenvalue weighted by atomic mass is 35.5. The zero-order chi connectivity index (χ0) is 15.1. The van der Waals surface area contributed by atoms with Gasteiger partial charge >= 0.3 is 0 Å². The maximum Gasteiger partial charge on any atom is 0.0938 e. The Kier molecular flexibility index (Phi) is 3.85. The SMILES string of the molecule is CC(C)(C)c1csc(CC2(c3ccc(Cl)cc3)CNC2)n1. The Bertz CT molecular complexity index is 621. The predicted molar refractivity (Wildman–Crippen MR) is 90.5 cm³/mol. The van der Waals surface area contributed by atoms with E-state index in [0.717, 1.165) is 24.5 Å². The third kappa shape index (κ3) is 3.01. The van der Waals surface area contributed by atoms with E-state index >= 15 is 0 Å². The van der Waals surface area contributed by atoms with Crippen LogP contribution in [0.15, 0.2) is 29.6 Å². The van der Waals surface area contributed by atoms with E-state index in [1.165, 1.54) is 16.3 Å². The van der Waals surface area contributed by atoms with Crippen molar-refractivity contribution in [2.24, 2.45) is 0 Å². The number of benzene rings is 1. The summed E-state index contributed by atoms with van der Waals surface area (Å²) in [4.78, 5) is 4.86. The van der Waals surface area contributed by atoms with Crippen molar-refractivity contribution >= 4 is 22.9 Å². The van der Waals surface area contributed by atoms with Gasteiger partial charge in [0.2, 0.25) is 0 Å². The molecule has 1 aromatic heterocycles. The molecule has 4 heteroatoms. The summed E-state index contributed by atoms with van der Waals surface area (Å²) in [7, 11) is 0. The molecule has 1 saturated heterocycles. The zero-order valence-corrected chi connectivity index (χ0v) is 14.3. The van der Waals surface area contributed by atoms with Crippen LogP contribution >= 0.6 is 22.9 Å². The summed E-state index contributed by atoms with van der Waals surface area (Å²) in [5.41, 5.74) is 2.86. The van der Waals surface area contributed by atoms with E-state index in [4.69, 9.17) is 16.6 Å². The molecule has 3 rings (SSSR count). The molecule has 0 atom stereocenters. The average molecular weight is 321 g/mol. The maximum atomic E-state index is 6.01. The first-order chi connectivity index (χ1) is 9.89. The van der Waals surface area contributed by atoms with Crippen molar-refractivity contribution in [1.29, 1.82) is 0 Å². The van der Waals surface area contributed by atoms with Crippen LogP contribution in [0.2, 0.25) is 5.02 Å². The van der Waals surface area contributed by atoms with E-state index in [9.17, 15) is 0 Å². The standard InChI is InChI=1S/C17H21ClN2S/c1-16(2,3)14-9-21-15(20-14)8-17(10-19-11-17)12-4-6-13(18)7-5-12/h4-7,9,19H,8,10-11H2,1-3H3. The number of nitrogens with one attached hydrogen (secondary N) is 1. The third-order valence-electron chi connectivity index (χ3n) is 4.19. The van der Waals surface area contributed by atoms with Crippen LogP contribution in [0, 0.1) is 0 Å². The molecular weight excluding hydrogens is 300 g/mol. The number of thiazole rings is 1. The monoisotopic (exact) mass is 320 g/mol. The van der Waals surface area contributed by atoms with Crippen molar-refractivity contribution < 1.29 is 0 Å². The lowest BCUT2D eigenvalue weighted by Gasteiger charge is -2.43. The summed E-state index contributed by atoms with van der Waals surface area (Å²) >= 11 is 7.80. The van der Waals surface area contributed by atoms with E-state index in [1.54, 1.807) is 11.3 Å². The van der Waals surface area contributed by atoms with Crippen molar-refractivity contribution in [3.05, 3.63) is 50.9 Å². The minimum Gasteiger partial charge on any atom is -0.315 e. The van der Waals surface area contributed by atoms with Crippen molar-refractivity contribution in [3.63, 3.8) is 0 Å². The summed E-state index contributed by atoms with van der Waals surface area (Å²) in [6.45, 7) is 8.67. The molecule has 1 N–H and O–H groups in total. The van der Waals surface area contributed by atoms with Crippen LogP contribution in [-0.2, 0) is 17.3 Å². The second kappa shape index (κ2) is 5.38. The molecule has 21 heavy (non-hydrogen) atoms. The quantitative estimate of drug-likeness (QED) is 0.917. The van der Waals surface area contributed by atoms with Gasteiger partial charge in [-0.15, -0.1) is 11.3 Å². The smallest absolute Gasteiger partial charge is 0.0938 e. The first-order valence-corrected chi connectivity index (χ1v) is 8.57. The van der Waals surface area contributed by atoms with Crippen LogP contribution in [0.5, 0.6) is 0 Å². The molecule has 2 heterocycles. The topological polar surface area (TPSA) is 24.9 Å². The first-order valence-electron chi connectivity index (χ1n) is 7.31. The maximum absolute atomic E-state index is 6.01. The molecule has 0 radical (unpaired) electrons. The van der Waals surface area contributed by atoms with Crippen LogP contribution in [0.1, 0.15) is 37.0 Å². The summed E-state index contributed by atoms with van der Waals surface area (Å²) in [6.07, 6.45) is 1.00. The fraction of sp³-hybridized carbons (Fsp3) is 0.471. The lowest BCUT2D eigenvalue weighted by atomic mass is 9.73. The molecule has 0 unspecified atom stereocenters. The van der Waals surface area contributed by atoms with Gasteiger partial charge in [-0.25, -0.2) is 4.98 Å². The van der Waals surface area contributed by atoms with Gasteiger partial charge in [0.15, 0.2) is 0 Å². The average Bonchev–Trinajstić information content (AvgIpc) is 2.83. The minimum absolute atomic E-state index is 0.125. The number of rotatable bonds is 3. The third-order valence-corrected chi connectivity index (χ3v) is 5.29. The van der Waals surface area contributed by atoms with Crippen LogP contribution in [-0.4, -0.2) is 18.1 Å². The van der Waals surface area contributed by atoms with Crippen LogP contribution in [0.3, 0.4) is 0 Å². The van der Waals surface area contributed by atoms with Gasteiger partial charge in [0, 0.05) is 40.7 Å². The molecule has 0 saturated carbocycles. The summed E-state index contributed by atoms with van der Waals surface area (Å²) in [6, 6.07) is 8.28. The van der Waals surface area contributed by atoms with Crippen molar-refractivity contribution in [1.82, 2.24) is 10.3 Å². The molecule has 2 aromatic rings. The molecule has 0 amide bonds. The molecule has 1 aromatic carbocycles. The molecule has 0 aliphatic carbocycles. The summed E-state index contributed by atoms with van der Waals surface area (Å²) in [5.74, 6) is 0. The van der Waals surface area contributed by atoms with Gasteiger partial charge in [-0.3, -0.25) is 0 Å². The second-order valence-corrected chi connectivity index (χ2v) is 8.32. The minimum atomic E-state index is 0.125. The fourth-order valence-electron chi connectivity index (χ4n) is 2.69. The highest BCUT2D eigenvalue weighted by Gasteiger charge is 2.39. The summed E-state index contributed by atoms with van der Waals surface area (Å²) in [5, 5.41) is 7.65. The lowest BCUT2D eigenvalue weighted by molar-refractivity contribution is 0.274. The van der Waals surface area contributed by atoms with Gasteiger partial charge in [-0.2, -0.15) is 0 Å². The predicted octanol–water partition coefficient (Wildman–Crippen LogP) is 4.18. The Hall–Kier alpha value is -0.900. The van der Waals surface area contributed by atoms with E-state index in [1.807, 2.05) is 12.1 Å². The fourth-order valence-corrected chi connectivity index (χ4v) is 3.98. The zero-order valence-electron chi connectivity index (χ0n) is 12.7. The van der Waals surface area contributed by atoms with Gasteiger partial charge in [0.25, 0.3) is 0 Å². The van der Waals surface area contributed by atoms with Gasteiger partial charge in [-0.05, 0) is 17.7 Å². The number of nitrogens with zero attached hydrogens (tertiary/aromatic N) is 1. The Balaban J connectivity index is 1.84. The van der Waals surface area contributed by atoms with Gasteiger partial charge in [0.1, 0.15) is 0 Å². The van der Waals surface area contributed by atoms with E-state index in [2.05, 4.69) is 43.6 Å². The molecule has 1 aliphatic rings. The molecule has 1 aliphatic heterocycles. The van der Waals surface area contributed by atoms with Gasteiger partial charge in [-0.1, -0.05) is 44.5 Å². The van der Waals surface area contributed by atoms with Crippen molar-refractivity contribution in [3.8, 4) is 0 Å². The highest BCUT2D eigenvalue weighted by molar-refractivity contribution is 7.09. The molecular formula is C17H21ClN2S. The first kappa shape index (κ1) is 15.0. The Morgan fingerprint density at radius 1 is 1.24 bits per heavy atom. The van der Waals surface area contributed by atoms with Gasteiger partial charge in [0.05, 0.1) is 10.7 Å². The Labute approximate surface area is 135 Å². The largest absolute Gasteiger partial charge is 0.315 e. The van der Waals surface area contributed by atoms with E-state index in [-0.39, 0.29) is 10.8 Å². The number of halogens is 1. The van der Waals surface area contributed by atoms with Gasteiger partial charge < -0.3 is 5.32 Å². The van der Waals surface area contributed by atoms with Crippen molar-refractivity contribution in [2.75, 3.05) is 13.1 Å². The number of aromatic nitrogens is 1.